The predicted molar refractivity (Wildman–Crippen MR) is 60.4 cm³/mol. The maximum Gasteiger partial charge on any atom is 0.119 e. The molecule has 1 aliphatic rings. The van der Waals surface area contributed by atoms with Crippen LogP contribution in [0.25, 0.3) is 0 Å². The number of fused-ring (bicyclic) bond motifs is 1. The summed E-state index contributed by atoms with van der Waals surface area (Å²) in [4.78, 5) is 0. The van der Waals surface area contributed by atoms with Crippen molar-refractivity contribution in [3.05, 3.63) is 23.8 Å². The maximum absolute atomic E-state index is 9.16. The molecule has 0 spiro atoms. The minimum absolute atomic E-state index is 0.194. The van der Waals surface area contributed by atoms with Crippen LogP contribution in [0.5, 0.6) is 5.75 Å². The van der Waals surface area contributed by atoms with Gasteiger partial charge in [-0.15, -0.1) is 0 Å². The van der Waals surface area contributed by atoms with E-state index in [9.17, 15) is 0 Å². The van der Waals surface area contributed by atoms with Gasteiger partial charge in [0.15, 0.2) is 0 Å². The van der Waals surface area contributed by atoms with Gasteiger partial charge in [-0.1, -0.05) is 0 Å². The molecular weight excluding hydrogens is 190 g/mol. The number of ether oxygens (including phenoxy) is 1. The van der Waals surface area contributed by atoms with E-state index >= 15 is 0 Å². The van der Waals surface area contributed by atoms with Crippen LogP contribution in [0, 0.1) is 0 Å². The number of methoxy groups -OCH3 is 1. The van der Waals surface area contributed by atoms with E-state index in [1.54, 1.807) is 7.11 Å². The normalized spacial score (nSPS) is 20.0. The lowest BCUT2D eigenvalue weighted by Gasteiger charge is -2.15. The van der Waals surface area contributed by atoms with Gasteiger partial charge in [-0.05, 0) is 43.0 Å². The third-order valence-electron chi connectivity index (χ3n) is 2.89. The van der Waals surface area contributed by atoms with E-state index in [4.69, 9.17) is 9.84 Å². The molecule has 1 heterocycles. The summed E-state index contributed by atoms with van der Waals surface area (Å²) in [7, 11) is 1.68. The van der Waals surface area contributed by atoms with E-state index in [2.05, 4.69) is 11.4 Å². The van der Waals surface area contributed by atoms with Crippen molar-refractivity contribution in [1.29, 1.82) is 0 Å². The topological polar surface area (TPSA) is 41.5 Å². The number of benzene rings is 1. The first-order chi connectivity index (χ1) is 7.33. The van der Waals surface area contributed by atoms with Crippen LogP contribution >= 0.6 is 0 Å². The molecule has 15 heavy (non-hydrogen) atoms. The number of aliphatic hydroxyl groups excluding tert-OH is 1. The van der Waals surface area contributed by atoms with Gasteiger partial charge in [0.25, 0.3) is 0 Å². The van der Waals surface area contributed by atoms with Crippen LogP contribution in [-0.2, 0) is 6.42 Å². The Morgan fingerprint density at radius 3 is 3.13 bits per heavy atom. The fraction of sp³-hybridized carbons (Fsp3) is 0.500. The molecule has 2 N–H and O–H groups in total. The molecule has 1 aliphatic heterocycles. The molecule has 0 saturated carbocycles. The molecule has 0 aliphatic carbocycles. The van der Waals surface area contributed by atoms with Gasteiger partial charge in [-0.2, -0.15) is 0 Å². The zero-order valence-corrected chi connectivity index (χ0v) is 8.99. The van der Waals surface area contributed by atoms with Gasteiger partial charge in [0.1, 0.15) is 5.75 Å². The minimum atomic E-state index is 0.194. The van der Waals surface area contributed by atoms with Gasteiger partial charge >= 0.3 is 0 Å². The van der Waals surface area contributed by atoms with E-state index in [0.717, 1.165) is 30.7 Å². The Balaban J connectivity index is 2.25. The van der Waals surface area contributed by atoms with Crippen LogP contribution < -0.4 is 10.1 Å². The summed E-state index contributed by atoms with van der Waals surface area (Å²) >= 11 is 0. The first-order valence-electron chi connectivity index (χ1n) is 5.38. The number of anilines is 1. The molecule has 1 unspecified atom stereocenters. The summed E-state index contributed by atoms with van der Waals surface area (Å²) in [5.41, 5.74) is 2.41. The monoisotopic (exact) mass is 207 g/mol. The average Bonchev–Trinajstić information content (AvgIpc) is 2.49. The fourth-order valence-electron chi connectivity index (χ4n) is 2.01. The molecule has 0 saturated heterocycles. The number of rotatable bonds is 2. The standard InChI is InChI=1S/C12H17NO2/c1-15-11-5-6-12-9(7-11)3-2-4-10(8-14)13-12/h5-7,10,13-14H,2-4,8H2,1H3. The Morgan fingerprint density at radius 1 is 1.53 bits per heavy atom. The number of aryl methyl sites for hydroxylation is 1. The van der Waals surface area contributed by atoms with E-state index in [1.165, 1.54) is 5.56 Å². The van der Waals surface area contributed by atoms with Gasteiger partial charge in [-0.3, -0.25) is 0 Å². The Kier molecular flexibility index (Phi) is 3.11. The lowest BCUT2D eigenvalue weighted by molar-refractivity contribution is 0.268. The van der Waals surface area contributed by atoms with Crippen molar-refractivity contribution in [2.75, 3.05) is 19.0 Å². The predicted octanol–water partition coefficient (Wildman–Crippen LogP) is 1.80. The highest BCUT2D eigenvalue weighted by molar-refractivity contribution is 5.55. The van der Waals surface area contributed by atoms with E-state index in [0.29, 0.717) is 0 Å². The molecule has 3 heteroatoms. The number of hydrogen-bond donors (Lipinski definition) is 2. The molecule has 0 amide bonds. The summed E-state index contributed by atoms with van der Waals surface area (Å²) < 4.78 is 5.20. The summed E-state index contributed by atoms with van der Waals surface area (Å²) in [6, 6.07) is 6.25. The van der Waals surface area contributed by atoms with Crippen molar-refractivity contribution < 1.29 is 9.84 Å². The fourth-order valence-corrected chi connectivity index (χ4v) is 2.01. The Bertz CT molecular complexity index is 338. The van der Waals surface area contributed by atoms with Crippen molar-refractivity contribution in [2.45, 2.75) is 25.3 Å². The minimum Gasteiger partial charge on any atom is -0.497 e. The van der Waals surface area contributed by atoms with Crippen molar-refractivity contribution in [1.82, 2.24) is 0 Å². The van der Waals surface area contributed by atoms with Crippen LogP contribution in [0.4, 0.5) is 5.69 Å². The molecule has 1 atom stereocenters. The molecule has 0 aromatic heterocycles. The third-order valence-corrected chi connectivity index (χ3v) is 2.89. The first kappa shape index (κ1) is 10.3. The summed E-state index contributed by atoms with van der Waals surface area (Å²) in [5, 5.41) is 12.5. The molecule has 0 fully saturated rings. The summed E-state index contributed by atoms with van der Waals surface area (Å²) in [6.07, 6.45) is 3.18. The van der Waals surface area contributed by atoms with Crippen LogP contribution in [-0.4, -0.2) is 24.9 Å². The molecule has 1 aromatic carbocycles. The first-order valence-corrected chi connectivity index (χ1v) is 5.38. The van der Waals surface area contributed by atoms with Crippen LogP contribution in [0.3, 0.4) is 0 Å². The van der Waals surface area contributed by atoms with E-state index in [1.807, 2.05) is 12.1 Å². The largest absolute Gasteiger partial charge is 0.497 e. The zero-order valence-electron chi connectivity index (χ0n) is 8.99. The van der Waals surface area contributed by atoms with Gasteiger partial charge in [-0.25, -0.2) is 0 Å². The Labute approximate surface area is 90.1 Å². The van der Waals surface area contributed by atoms with Crippen LogP contribution in [0.1, 0.15) is 18.4 Å². The number of aliphatic hydroxyl groups is 1. The van der Waals surface area contributed by atoms with Crippen molar-refractivity contribution in [3.63, 3.8) is 0 Å². The smallest absolute Gasteiger partial charge is 0.119 e. The van der Waals surface area contributed by atoms with Crippen LogP contribution in [0.15, 0.2) is 18.2 Å². The second-order valence-electron chi connectivity index (χ2n) is 3.94. The highest BCUT2D eigenvalue weighted by Gasteiger charge is 2.14. The quantitative estimate of drug-likeness (QED) is 0.777. The molecule has 3 nitrogen and oxygen atoms in total. The highest BCUT2D eigenvalue weighted by atomic mass is 16.5. The van der Waals surface area contributed by atoms with Gasteiger partial charge in [0, 0.05) is 11.7 Å². The van der Waals surface area contributed by atoms with Crippen LogP contribution in [0.2, 0.25) is 0 Å². The number of hydrogen-bond acceptors (Lipinski definition) is 3. The van der Waals surface area contributed by atoms with Crippen molar-refractivity contribution in [2.24, 2.45) is 0 Å². The lowest BCUT2D eigenvalue weighted by Crippen LogP contribution is -2.22. The maximum atomic E-state index is 9.16. The molecular formula is C12H17NO2. The second kappa shape index (κ2) is 4.53. The van der Waals surface area contributed by atoms with E-state index in [-0.39, 0.29) is 12.6 Å². The average molecular weight is 207 g/mol. The lowest BCUT2D eigenvalue weighted by atomic mass is 10.1. The van der Waals surface area contributed by atoms with Crippen molar-refractivity contribution in [3.8, 4) is 5.75 Å². The summed E-state index contributed by atoms with van der Waals surface area (Å²) in [6.45, 7) is 0.200. The molecule has 0 bridgehead atoms. The molecule has 1 aromatic rings. The van der Waals surface area contributed by atoms with Gasteiger partial charge in [0.05, 0.1) is 13.7 Å². The second-order valence-corrected chi connectivity index (χ2v) is 3.94. The van der Waals surface area contributed by atoms with Gasteiger partial charge in [0.2, 0.25) is 0 Å². The zero-order chi connectivity index (χ0) is 10.7. The molecule has 2 rings (SSSR count). The Hall–Kier alpha value is -1.22. The number of nitrogens with one attached hydrogen (secondary N) is 1. The summed E-state index contributed by atoms with van der Waals surface area (Å²) in [5.74, 6) is 0.901. The third kappa shape index (κ3) is 2.23. The van der Waals surface area contributed by atoms with E-state index < -0.39 is 0 Å². The molecule has 0 radical (unpaired) electrons. The Morgan fingerprint density at radius 2 is 2.40 bits per heavy atom. The highest BCUT2D eigenvalue weighted by Crippen LogP contribution is 2.27. The SMILES string of the molecule is COc1ccc2c(c1)CCCC(CO)N2. The van der Waals surface area contributed by atoms with Crippen molar-refractivity contribution >= 4 is 5.69 Å². The van der Waals surface area contributed by atoms with Gasteiger partial charge < -0.3 is 15.2 Å². The molecule has 82 valence electrons.